The van der Waals surface area contributed by atoms with Crippen LogP contribution in [0.3, 0.4) is 0 Å². The van der Waals surface area contributed by atoms with Gasteiger partial charge < -0.3 is 25.4 Å². The van der Waals surface area contributed by atoms with Gasteiger partial charge in [-0.3, -0.25) is 14.6 Å². The molecule has 0 aliphatic carbocycles. The highest BCUT2D eigenvalue weighted by atomic mass is 16.5. The number of carbonyl (C=O) groups excluding carboxylic acids is 1. The average molecular weight is 518 g/mol. The molecule has 200 valence electrons. The molecule has 0 spiro atoms. The number of nitrogens with one attached hydrogen (secondary N) is 3. The van der Waals surface area contributed by atoms with Crippen LogP contribution in [0.2, 0.25) is 0 Å². The van der Waals surface area contributed by atoms with Crippen molar-refractivity contribution in [3.8, 4) is 5.75 Å². The molecule has 0 unspecified atom stereocenters. The summed E-state index contributed by atoms with van der Waals surface area (Å²) in [5.41, 5.74) is 2.97. The molecule has 3 heterocycles. The third-order valence-corrected chi connectivity index (χ3v) is 6.56. The number of carbonyl (C=O) groups is 1. The molecule has 5 rings (SSSR count). The van der Waals surface area contributed by atoms with Gasteiger partial charge in [0.2, 0.25) is 5.91 Å². The molecule has 1 amide bonds. The zero-order valence-corrected chi connectivity index (χ0v) is 21.6. The Balaban J connectivity index is 1.33. The lowest BCUT2D eigenvalue weighted by molar-refractivity contribution is -0.121. The first-order valence-electron chi connectivity index (χ1n) is 13.2. The zero-order chi connectivity index (χ0) is 26.0. The Morgan fingerprint density at radius 3 is 2.37 bits per heavy atom. The number of nitrogens with zero attached hydrogens (tertiary/aromatic N) is 4. The maximum absolute atomic E-state index is 12.6. The number of fused-ring (bicyclic) bond motifs is 6. The predicted octanol–water partition coefficient (Wildman–Crippen LogP) is 3.00. The maximum atomic E-state index is 12.6. The minimum absolute atomic E-state index is 0.0286. The van der Waals surface area contributed by atoms with Crippen LogP contribution in [0.5, 0.6) is 5.75 Å². The molecule has 38 heavy (non-hydrogen) atoms. The van der Waals surface area contributed by atoms with E-state index in [9.17, 15) is 4.79 Å². The van der Waals surface area contributed by atoms with E-state index in [-0.39, 0.29) is 5.91 Å². The number of aromatic nitrogens is 2. The third-order valence-electron chi connectivity index (χ3n) is 6.56. The van der Waals surface area contributed by atoms with E-state index in [2.05, 4.69) is 47.9 Å². The largest absolute Gasteiger partial charge is 0.492 e. The Morgan fingerprint density at radius 2 is 1.55 bits per heavy atom. The topological polar surface area (TPSA) is 104 Å². The van der Waals surface area contributed by atoms with Gasteiger partial charge in [-0.2, -0.15) is 0 Å². The maximum Gasteiger partial charge on any atom is 0.221 e. The van der Waals surface area contributed by atoms with E-state index in [1.807, 2.05) is 42.5 Å². The van der Waals surface area contributed by atoms with Gasteiger partial charge in [-0.05, 0) is 29.8 Å². The predicted molar refractivity (Wildman–Crippen MR) is 147 cm³/mol. The summed E-state index contributed by atoms with van der Waals surface area (Å²) in [4.78, 5) is 26.1. The van der Waals surface area contributed by atoms with Crippen LogP contribution in [0.15, 0.2) is 60.9 Å². The van der Waals surface area contributed by atoms with Crippen molar-refractivity contribution >= 4 is 28.9 Å². The van der Waals surface area contributed by atoms with Crippen LogP contribution >= 0.6 is 0 Å². The number of hydrogen-bond donors (Lipinski definition) is 3. The van der Waals surface area contributed by atoms with Crippen LogP contribution in [0, 0.1) is 0 Å². The molecule has 1 saturated heterocycles. The molecule has 2 aliphatic heterocycles. The van der Waals surface area contributed by atoms with E-state index in [0.717, 1.165) is 63.1 Å². The van der Waals surface area contributed by atoms with E-state index >= 15 is 0 Å². The summed E-state index contributed by atoms with van der Waals surface area (Å²) in [6.07, 6.45) is 1.97. The number of hydrogen-bond acceptors (Lipinski definition) is 9. The van der Waals surface area contributed by atoms with Crippen molar-refractivity contribution in [2.75, 3.05) is 69.7 Å². The summed E-state index contributed by atoms with van der Waals surface area (Å²) in [5, 5.41) is 9.69. The van der Waals surface area contributed by atoms with E-state index in [1.54, 1.807) is 0 Å². The molecule has 0 radical (unpaired) electrons. The van der Waals surface area contributed by atoms with E-state index in [4.69, 9.17) is 9.47 Å². The van der Waals surface area contributed by atoms with Gasteiger partial charge in [-0.1, -0.05) is 18.2 Å². The number of anilines is 4. The molecule has 10 nitrogen and oxygen atoms in total. The molecular formula is C28H35N7O3. The average Bonchev–Trinajstić information content (AvgIpc) is 2.93. The van der Waals surface area contributed by atoms with Crippen LogP contribution in [0.25, 0.3) is 0 Å². The van der Waals surface area contributed by atoms with Crippen molar-refractivity contribution in [1.29, 1.82) is 0 Å². The lowest BCUT2D eigenvalue weighted by Crippen LogP contribution is -2.42. The normalized spacial score (nSPS) is 17.8. The van der Waals surface area contributed by atoms with Gasteiger partial charge >= 0.3 is 0 Å². The van der Waals surface area contributed by atoms with Crippen LogP contribution in [0.4, 0.5) is 23.0 Å². The first-order chi connectivity index (χ1) is 18.7. The lowest BCUT2D eigenvalue weighted by atomic mass is 10.1. The van der Waals surface area contributed by atoms with Crippen LogP contribution in [-0.2, 0) is 16.1 Å². The molecule has 0 atom stereocenters. The highest BCUT2D eigenvalue weighted by Gasteiger charge is 2.15. The molecule has 3 N–H and O–H groups in total. The van der Waals surface area contributed by atoms with Crippen LogP contribution < -0.4 is 20.7 Å². The standard InChI is InChI=1S/C28H35N7O3/c36-28-7-9-35(11-10-34-12-15-37-16-13-34)20-22-3-1-4-23(17-22)32-26-19-27(31-21-30-26)33-24-5-2-6-25(18-24)38-14-8-29-28/h1-6,17-19,21H,7-16,20H2,(H,29,36)(H2,30,31,32,33). The minimum atomic E-state index is 0.0286. The van der Waals surface area contributed by atoms with Gasteiger partial charge in [0, 0.05) is 69.2 Å². The summed E-state index contributed by atoms with van der Waals surface area (Å²) in [6, 6.07) is 17.9. The monoisotopic (exact) mass is 517 g/mol. The smallest absolute Gasteiger partial charge is 0.221 e. The van der Waals surface area contributed by atoms with Gasteiger partial charge in [0.1, 0.15) is 30.3 Å². The number of rotatable bonds is 3. The quantitative estimate of drug-likeness (QED) is 0.484. The van der Waals surface area contributed by atoms with Crippen LogP contribution in [-0.4, -0.2) is 84.8 Å². The summed E-state index contributed by atoms with van der Waals surface area (Å²) >= 11 is 0. The lowest BCUT2D eigenvalue weighted by Gasteiger charge is -2.30. The van der Waals surface area contributed by atoms with Crippen molar-refractivity contribution in [3.63, 3.8) is 0 Å². The highest BCUT2D eigenvalue weighted by molar-refractivity contribution is 5.76. The Kier molecular flexibility index (Phi) is 8.98. The van der Waals surface area contributed by atoms with Gasteiger partial charge in [-0.25, -0.2) is 9.97 Å². The van der Waals surface area contributed by atoms with Crippen LogP contribution in [0.1, 0.15) is 12.0 Å². The van der Waals surface area contributed by atoms with Gasteiger partial charge in [0.05, 0.1) is 19.8 Å². The number of amides is 1. The Hall–Kier alpha value is -3.73. The SMILES string of the molecule is O=C1CCN(CCN2CCOCC2)Cc2cccc(c2)Nc2cc(ncn2)Nc2cccc(c2)OCCN1. The molecule has 1 aromatic heterocycles. The molecule has 10 heteroatoms. The second kappa shape index (κ2) is 13.2. The zero-order valence-electron chi connectivity index (χ0n) is 21.6. The Bertz CT molecular complexity index is 1200. The Labute approximate surface area is 223 Å². The van der Waals surface area contributed by atoms with E-state index in [1.165, 1.54) is 11.9 Å². The Morgan fingerprint density at radius 1 is 0.816 bits per heavy atom. The highest BCUT2D eigenvalue weighted by Crippen LogP contribution is 2.23. The molecular weight excluding hydrogens is 482 g/mol. The molecule has 0 saturated carbocycles. The third kappa shape index (κ3) is 7.88. The van der Waals surface area contributed by atoms with Crippen molar-refractivity contribution in [2.24, 2.45) is 0 Å². The fourth-order valence-corrected chi connectivity index (χ4v) is 4.54. The summed E-state index contributed by atoms with van der Waals surface area (Å²) in [5.74, 6) is 2.12. The number of benzene rings is 2. The summed E-state index contributed by atoms with van der Waals surface area (Å²) in [6.45, 7) is 7.57. The summed E-state index contributed by atoms with van der Waals surface area (Å²) < 4.78 is 11.4. The van der Waals surface area contributed by atoms with Gasteiger partial charge in [0.25, 0.3) is 0 Å². The summed E-state index contributed by atoms with van der Waals surface area (Å²) in [7, 11) is 0. The van der Waals surface area contributed by atoms with Crippen molar-refractivity contribution in [3.05, 3.63) is 66.5 Å². The molecule has 1 fully saturated rings. The fourth-order valence-electron chi connectivity index (χ4n) is 4.54. The fraction of sp³-hybridized carbons (Fsp3) is 0.393. The molecule has 2 aliphatic rings. The first kappa shape index (κ1) is 25.9. The van der Waals surface area contributed by atoms with Crippen molar-refractivity contribution in [1.82, 2.24) is 25.1 Å². The number of morpholine rings is 1. The molecule has 3 aromatic rings. The second-order valence-corrected chi connectivity index (χ2v) is 9.45. The van der Waals surface area contributed by atoms with E-state index in [0.29, 0.717) is 37.8 Å². The van der Waals surface area contributed by atoms with Crippen molar-refractivity contribution in [2.45, 2.75) is 13.0 Å². The molecule has 6 bridgehead atoms. The molecule has 2 aromatic carbocycles. The van der Waals surface area contributed by atoms with E-state index < -0.39 is 0 Å². The first-order valence-corrected chi connectivity index (χ1v) is 13.2. The van der Waals surface area contributed by atoms with Crippen molar-refractivity contribution < 1.29 is 14.3 Å². The number of ether oxygens (including phenoxy) is 2. The van der Waals surface area contributed by atoms with Gasteiger partial charge in [0.15, 0.2) is 0 Å². The van der Waals surface area contributed by atoms with Gasteiger partial charge in [-0.15, -0.1) is 0 Å². The minimum Gasteiger partial charge on any atom is -0.492 e. The second-order valence-electron chi connectivity index (χ2n) is 9.45.